The Morgan fingerprint density at radius 2 is 1.83 bits per heavy atom. The Morgan fingerprint density at radius 3 is 2.52 bits per heavy atom. The summed E-state index contributed by atoms with van der Waals surface area (Å²) in [5.41, 5.74) is 4.62. The molecule has 0 fully saturated rings. The molecule has 1 aromatic carbocycles. The van der Waals surface area contributed by atoms with Crippen molar-refractivity contribution >= 4 is 39.5 Å². The molecule has 2 aromatic rings. The quantitative estimate of drug-likeness (QED) is 0.578. The van der Waals surface area contributed by atoms with Crippen molar-refractivity contribution in [2.75, 3.05) is 12.4 Å². The lowest BCUT2D eigenvalue weighted by Gasteiger charge is -2.08. The number of amides is 2. The predicted octanol–water partition coefficient (Wildman–Crippen LogP) is 2.16. The normalized spacial score (nSPS) is 9.96. The van der Waals surface area contributed by atoms with Gasteiger partial charge in [0.25, 0.3) is 5.91 Å². The van der Waals surface area contributed by atoms with Gasteiger partial charge in [0.15, 0.2) is 6.61 Å². The van der Waals surface area contributed by atoms with Crippen molar-refractivity contribution in [2.45, 2.75) is 5.03 Å². The fourth-order valence-corrected chi connectivity index (χ4v) is 2.39. The van der Waals surface area contributed by atoms with Gasteiger partial charge >= 0.3 is 0 Å². The molecule has 120 valence electrons. The number of nitrogens with one attached hydrogen (secondary N) is 2. The van der Waals surface area contributed by atoms with Crippen LogP contribution in [0, 0.1) is 0 Å². The van der Waals surface area contributed by atoms with Crippen LogP contribution in [-0.2, 0) is 9.59 Å². The molecule has 2 amide bonds. The average molecular weight is 396 g/mol. The van der Waals surface area contributed by atoms with Gasteiger partial charge in [0.05, 0.1) is 10.8 Å². The largest absolute Gasteiger partial charge is 0.484 e. The van der Waals surface area contributed by atoms with Crippen molar-refractivity contribution in [3.63, 3.8) is 0 Å². The van der Waals surface area contributed by atoms with Gasteiger partial charge in [-0.1, -0.05) is 33.8 Å². The smallest absolute Gasteiger partial charge is 0.276 e. The number of rotatable bonds is 6. The predicted molar refractivity (Wildman–Crippen MR) is 90.9 cm³/mol. The first-order valence-corrected chi connectivity index (χ1v) is 8.41. The van der Waals surface area contributed by atoms with Crippen LogP contribution >= 0.6 is 27.7 Å². The summed E-state index contributed by atoms with van der Waals surface area (Å²) in [4.78, 5) is 27.3. The van der Waals surface area contributed by atoms with Gasteiger partial charge in [-0.2, -0.15) is 0 Å². The number of aromatic nitrogens is 1. The van der Waals surface area contributed by atoms with Crippen molar-refractivity contribution in [2.24, 2.45) is 0 Å². The third-order valence-electron chi connectivity index (χ3n) is 2.51. The molecule has 0 saturated heterocycles. The van der Waals surface area contributed by atoms with Gasteiger partial charge in [-0.3, -0.25) is 20.4 Å². The Balaban J connectivity index is 1.63. The number of pyridine rings is 1. The van der Waals surface area contributed by atoms with Crippen LogP contribution in [0.4, 0.5) is 0 Å². The molecule has 23 heavy (non-hydrogen) atoms. The minimum atomic E-state index is -0.441. The zero-order chi connectivity index (χ0) is 16.5. The Bertz CT molecular complexity index is 653. The van der Waals surface area contributed by atoms with Crippen molar-refractivity contribution in [3.05, 3.63) is 53.1 Å². The fraction of sp³-hybridized carbons (Fsp3) is 0.133. The van der Waals surface area contributed by atoms with Gasteiger partial charge in [0.1, 0.15) is 5.75 Å². The molecule has 0 unspecified atom stereocenters. The molecule has 0 aliphatic carbocycles. The van der Waals surface area contributed by atoms with Crippen molar-refractivity contribution in [1.29, 1.82) is 0 Å². The topological polar surface area (TPSA) is 80.3 Å². The van der Waals surface area contributed by atoms with Gasteiger partial charge in [0.2, 0.25) is 5.91 Å². The molecule has 0 saturated carbocycles. The second-order valence-electron chi connectivity index (χ2n) is 4.30. The minimum Gasteiger partial charge on any atom is -0.484 e. The molecule has 0 atom stereocenters. The number of ether oxygens (including phenoxy) is 1. The van der Waals surface area contributed by atoms with E-state index in [1.807, 2.05) is 24.3 Å². The van der Waals surface area contributed by atoms with Gasteiger partial charge in [0, 0.05) is 10.7 Å². The molecule has 0 radical (unpaired) electrons. The molecule has 1 heterocycles. The molecular formula is C15H14BrN3O3S. The van der Waals surface area contributed by atoms with Crippen molar-refractivity contribution in [1.82, 2.24) is 15.8 Å². The Labute approximate surface area is 146 Å². The zero-order valence-electron chi connectivity index (χ0n) is 12.0. The number of carbonyl (C=O) groups excluding carboxylic acids is 2. The van der Waals surface area contributed by atoms with Crippen LogP contribution in [0.15, 0.2) is 58.2 Å². The molecule has 8 heteroatoms. The highest BCUT2D eigenvalue weighted by Crippen LogP contribution is 2.15. The van der Waals surface area contributed by atoms with E-state index in [9.17, 15) is 9.59 Å². The van der Waals surface area contributed by atoms with E-state index in [4.69, 9.17) is 4.74 Å². The van der Waals surface area contributed by atoms with E-state index in [0.29, 0.717) is 5.75 Å². The summed E-state index contributed by atoms with van der Waals surface area (Å²) < 4.78 is 6.21. The number of hydrazine groups is 1. The summed E-state index contributed by atoms with van der Waals surface area (Å²) in [5, 5.41) is 0.743. The average Bonchev–Trinajstić information content (AvgIpc) is 2.58. The molecule has 2 rings (SSSR count). The Kier molecular flexibility index (Phi) is 6.89. The van der Waals surface area contributed by atoms with Crippen molar-refractivity contribution in [3.8, 4) is 5.75 Å². The number of halogens is 1. The van der Waals surface area contributed by atoms with Crippen LogP contribution in [0.3, 0.4) is 0 Å². The minimum absolute atomic E-state index is 0.158. The van der Waals surface area contributed by atoms with Crippen LogP contribution in [0.1, 0.15) is 0 Å². The first-order valence-electron chi connectivity index (χ1n) is 6.63. The lowest BCUT2D eigenvalue weighted by molar-refractivity contribution is -0.128. The molecule has 0 aliphatic heterocycles. The van der Waals surface area contributed by atoms with E-state index in [1.54, 1.807) is 24.4 Å². The SMILES string of the molecule is O=C(COc1ccc(Br)cc1)NNC(=O)CSc1ccccn1. The molecule has 0 aliphatic rings. The van der Waals surface area contributed by atoms with Crippen LogP contribution in [0.25, 0.3) is 0 Å². The van der Waals surface area contributed by atoms with Crippen LogP contribution in [0.2, 0.25) is 0 Å². The summed E-state index contributed by atoms with van der Waals surface area (Å²) in [5.74, 6) is -0.0349. The van der Waals surface area contributed by atoms with Crippen LogP contribution < -0.4 is 15.6 Å². The maximum Gasteiger partial charge on any atom is 0.276 e. The van der Waals surface area contributed by atoms with E-state index >= 15 is 0 Å². The van der Waals surface area contributed by atoms with Gasteiger partial charge in [-0.25, -0.2) is 4.98 Å². The van der Waals surface area contributed by atoms with E-state index in [0.717, 1.165) is 9.50 Å². The molecule has 0 spiro atoms. The lowest BCUT2D eigenvalue weighted by Crippen LogP contribution is -2.44. The lowest BCUT2D eigenvalue weighted by atomic mass is 10.3. The molecule has 6 nitrogen and oxygen atoms in total. The second-order valence-corrected chi connectivity index (χ2v) is 6.21. The third kappa shape index (κ3) is 6.70. The second kappa shape index (κ2) is 9.16. The maximum atomic E-state index is 11.6. The Hall–Kier alpha value is -2.06. The number of hydrogen-bond donors (Lipinski definition) is 2. The number of benzene rings is 1. The first kappa shape index (κ1) is 17.3. The van der Waals surface area contributed by atoms with Gasteiger partial charge in [-0.15, -0.1) is 0 Å². The van der Waals surface area contributed by atoms with Gasteiger partial charge in [-0.05, 0) is 36.4 Å². The van der Waals surface area contributed by atoms with E-state index < -0.39 is 5.91 Å². The highest BCUT2D eigenvalue weighted by molar-refractivity contribution is 9.10. The van der Waals surface area contributed by atoms with Crippen LogP contribution in [-0.4, -0.2) is 29.2 Å². The standard InChI is InChI=1S/C15H14BrN3O3S/c16-11-4-6-12(7-5-11)22-9-13(20)18-19-14(21)10-23-15-3-1-2-8-17-15/h1-8H,9-10H2,(H,18,20)(H,19,21). The molecular weight excluding hydrogens is 382 g/mol. The van der Waals surface area contributed by atoms with Gasteiger partial charge < -0.3 is 4.74 Å². The molecule has 0 bridgehead atoms. The number of thioether (sulfide) groups is 1. The summed E-state index contributed by atoms with van der Waals surface area (Å²) >= 11 is 4.59. The van der Waals surface area contributed by atoms with Crippen LogP contribution in [0.5, 0.6) is 5.75 Å². The first-order chi connectivity index (χ1) is 11.1. The number of nitrogens with zero attached hydrogens (tertiary/aromatic N) is 1. The summed E-state index contributed by atoms with van der Waals surface area (Å²) in [6.45, 7) is -0.185. The van der Waals surface area contributed by atoms with E-state index in [1.165, 1.54) is 11.8 Å². The molecule has 1 aromatic heterocycles. The fourth-order valence-electron chi connectivity index (χ4n) is 1.46. The van der Waals surface area contributed by atoms with Crippen molar-refractivity contribution < 1.29 is 14.3 Å². The van der Waals surface area contributed by atoms with E-state index in [-0.39, 0.29) is 18.3 Å². The third-order valence-corrected chi connectivity index (χ3v) is 3.99. The number of carbonyl (C=O) groups is 2. The Morgan fingerprint density at radius 1 is 1.09 bits per heavy atom. The zero-order valence-corrected chi connectivity index (χ0v) is 14.4. The van der Waals surface area contributed by atoms with E-state index in [2.05, 4.69) is 31.8 Å². The highest BCUT2D eigenvalue weighted by atomic mass is 79.9. The monoisotopic (exact) mass is 395 g/mol. The summed E-state index contributed by atoms with van der Waals surface area (Å²) in [6, 6.07) is 12.5. The number of hydrogen-bond acceptors (Lipinski definition) is 5. The molecule has 2 N–H and O–H groups in total. The maximum absolute atomic E-state index is 11.6. The highest BCUT2D eigenvalue weighted by Gasteiger charge is 2.06. The summed E-state index contributed by atoms with van der Waals surface area (Å²) in [6.07, 6.45) is 1.65. The summed E-state index contributed by atoms with van der Waals surface area (Å²) in [7, 11) is 0.